The number of thioether (sulfide) groups is 1. The Morgan fingerprint density at radius 2 is 2.17 bits per heavy atom. The standard InChI is InChI=1S/C14H16N6O2S/c1-3-20-7-15-19-14(20)23-8(2)12(21)16-9-4-5-10-11(6-9)18-13(22)17-10/h4-8H,3H2,1-2H3,(H,16,21)(H2,17,18,22)/t8-/m0/s1. The quantitative estimate of drug-likeness (QED) is 0.615. The highest BCUT2D eigenvalue weighted by Gasteiger charge is 2.18. The number of imidazole rings is 1. The number of aromatic amines is 2. The molecule has 2 aromatic heterocycles. The van der Waals surface area contributed by atoms with E-state index in [0.29, 0.717) is 21.9 Å². The van der Waals surface area contributed by atoms with E-state index in [1.165, 1.54) is 11.8 Å². The number of nitrogens with one attached hydrogen (secondary N) is 3. The summed E-state index contributed by atoms with van der Waals surface area (Å²) in [6, 6.07) is 5.21. The summed E-state index contributed by atoms with van der Waals surface area (Å²) in [5.74, 6) is -0.141. The number of nitrogens with zero attached hydrogens (tertiary/aromatic N) is 3. The van der Waals surface area contributed by atoms with Crippen LogP contribution < -0.4 is 11.0 Å². The highest BCUT2D eigenvalue weighted by molar-refractivity contribution is 8.00. The van der Waals surface area contributed by atoms with E-state index in [4.69, 9.17) is 0 Å². The van der Waals surface area contributed by atoms with Crippen LogP contribution >= 0.6 is 11.8 Å². The molecule has 2 heterocycles. The van der Waals surface area contributed by atoms with Gasteiger partial charge in [0.05, 0.1) is 16.3 Å². The summed E-state index contributed by atoms with van der Waals surface area (Å²) in [6.07, 6.45) is 1.64. The number of carbonyl (C=O) groups excluding carboxylic acids is 1. The third-order valence-electron chi connectivity index (χ3n) is 3.36. The summed E-state index contributed by atoms with van der Waals surface area (Å²) in [5, 5.41) is 11.1. The van der Waals surface area contributed by atoms with Gasteiger partial charge in [-0.2, -0.15) is 0 Å². The fourth-order valence-corrected chi connectivity index (χ4v) is 3.01. The zero-order valence-electron chi connectivity index (χ0n) is 12.7. The molecule has 1 aromatic carbocycles. The molecule has 0 spiro atoms. The summed E-state index contributed by atoms with van der Waals surface area (Å²) >= 11 is 1.35. The largest absolute Gasteiger partial charge is 0.325 e. The minimum Gasteiger partial charge on any atom is -0.325 e. The van der Waals surface area contributed by atoms with Gasteiger partial charge in [0.2, 0.25) is 5.91 Å². The Bertz CT molecular complexity index is 896. The van der Waals surface area contributed by atoms with E-state index in [1.807, 2.05) is 18.4 Å². The number of aryl methyl sites for hydroxylation is 1. The van der Waals surface area contributed by atoms with E-state index >= 15 is 0 Å². The molecule has 0 saturated carbocycles. The second-order valence-electron chi connectivity index (χ2n) is 4.99. The van der Waals surface area contributed by atoms with Gasteiger partial charge in [-0.15, -0.1) is 10.2 Å². The van der Waals surface area contributed by atoms with E-state index in [2.05, 4.69) is 25.5 Å². The SMILES string of the molecule is CCn1cnnc1S[C@@H](C)C(=O)Nc1ccc2[nH]c(=O)[nH]c2c1. The number of hydrogen-bond donors (Lipinski definition) is 3. The summed E-state index contributed by atoms with van der Waals surface area (Å²) < 4.78 is 1.88. The average Bonchev–Trinajstić information content (AvgIpc) is 3.11. The predicted octanol–water partition coefficient (Wildman–Crippen LogP) is 1.59. The van der Waals surface area contributed by atoms with Crippen LogP contribution in [0.25, 0.3) is 11.0 Å². The van der Waals surface area contributed by atoms with Gasteiger partial charge in [0.25, 0.3) is 0 Å². The van der Waals surface area contributed by atoms with Crippen molar-refractivity contribution in [1.82, 2.24) is 24.7 Å². The van der Waals surface area contributed by atoms with Gasteiger partial charge < -0.3 is 19.9 Å². The van der Waals surface area contributed by atoms with Gasteiger partial charge >= 0.3 is 5.69 Å². The van der Waals surface area contributed by atoms with E-state index in [9.17, 15) is 9.59 Å². The number of fused-ring (bicyclic) bond motifs is 1. The minimum atomic E-state index is -0.328. The van der Waals surface area contributed by atoms with Gasteiger partial charge in [0, 0.05) is 12.2 Å². The van der Waals surface area contributed by atoms with E-state index in [1.54, 1.807) is 24.5 Å². The molecule has 0 aliphatic carbocycles. The summed E-state index contributed by atoms with van der Waals surface area (Å²) in [5.41, 5.74) is 1.71. The van der Waals surface area contributed by atoms with Crippen molar-refractivity contribution >= 4 is 34.4 Å². The van der Waals surface area contributed by atoms with Gasteiger partial charge in [0.1, 0.15) is 6.33 Å². The van der Waals surface area contributed by atoms with Crippen LogP contribution in [0, 0.1) is 0 Å². The minimum absolute atomic E-state index is 0.141. The molecule has 0 bridgehead atoms. The molecule has 3 rings (SSSR count). The highest BCUT2D eigenvalue weighted by Crippen LogP contribution is 2.22. The molecule has 0 unspecified atom stereocenters. The molecule has 3 N–H and O–H groups in total. The second kappa shape index (κ2) is 6.29. The Balaban J connectivity index is 1.70. The third-order valence-corrected chi connectivity index (χ3v) is 4.45. The Morgan fingerprint density at radius 3 is 2.96 bits per heavy atom. The van der Waals surface area contributed by atoms with Crippen molar-refractivity contribution in [2.45, 2.75) is 30.8 Å². The maximum atomic E-state index is 12.3. The van der Waals surface area contributed by atoms with Crippen LogP contribution in [0.1, 0.15) is 13.8 Å². The molecule has 0 aliphatic rings. The molecule has 0 saturated heterocycles. The van der Waals surface area contributed by atoms with Crippen molar-refractivity contribution < 1.29 is 4.79 Å². The van der Waals surface area contributed by atoms with E-state index in [-0.39, 0.29) is 16.8 Å². The van der Waals surface area contributed by atoms with Crippen LogP contribution in [-0.2, 0) is 11.3 Å². The zero-order chi connectivity index (χ0) is 16.4. The molecule has 0 fully saturated rings. The zero-order valence-corrected chi connectivity index (χ0v) is 13.5. The molecular formula is C14H16N6O2S. The second-order valence-corrected chi connectivity index (χ2v) is 6.30. The fourth-order valence-electron chi connectivity index (χ4n) is 2.12. The van der Waals surface area contributed by atoms with Crippen molar-refractivity contribution in [2.75, 3.05) is 5.32 Å². The molecule has 3 aromatic rings. The number of aromatic nitrogens is 5. The Hall–Kier alpha value is -2.55. The Labute approximate surface area is 135 Å². The number of H-pyrrole nitrogens is 2. The number of hydrogen-bond acceptors (Lipinski definition) is 5. The first kappa shape index (κ1) is 15.3. The van der Waals surface area contributed by atoms with Gasteiger partial charge in [0.15, 0.2) is 5.16 Å². The van der Waals surface area contributed by atoms with Crippen molar-refractivity contribution in [3.8, 4) is 0 Å². The van der Waals surface area contributed by atoms with Crippen LogP contribution in [0.2, 0.25) is 0 Å². The lowest BCUT2D eigenvalue weighted by Crippen LogP contribution is -2.22. The molecule has 0 aliphatic heterocycles. The summed E-state index contributed by atoms with van der Waals surface area (Å²) in [6.45, 7) is 4.55. The van der Waals surface area contributed by atoms with Crippen molar-refractivity contribution in [3.63, 3.8) is 0 Å². The third kappa shape index (κ3) is 3.29. The maximum absolute atomic E-state index is 12.3. The van der Waals surface area contributed by atoms with Gasteiger partial charge in [-0.3, -0.25) is 4.79 Å². The molecule has 8 nitrogen and oxygen atoms in total. The molecule has 1 atom stereocenters. The predicted molar refractivity (Wildman–Crippen MR) is 88.6 cm³/mol. The lowest BCUT2D eigenvalue weighted by molar-refractivity contribution is -0.115. The monoisotopic (exact) mass is 332 g/mol. The van der Waals surface area contributed by atoms with E-state index in [0.717, 1.165) is 6.54 Å². The van der Waals surface area contributed by atoms with Crippen LogP contribution in [0.15, 0.2) is 34.5 Å². The highest BCUT2D eigenvalue weighted by atomic mass is 32.2. The number of rotatable bonds is 5. The van der Waals surface area contributed by atoms with Crippen molar-refractivity contribution in [1.29, 1.82) is 0 Å². The molecular weight excluding hydrogens is 316 g/mol. The number of amides is 1. The first-order valence-corrected chi connectivity index (χ1v) is 8.02. The number of carbonyl (C=O) groups is 1. The Morgan fingerprint density at radius 1 is 1.39 bits per heavy atom. The number of benzene rings is 1. The summed E-state index contributed by atoms with van der Waals surface area (Å²) in [4.78, 5) is 28.9. The Kier molecular flexibility index (Phi) is 4.20. The molecule has 9 heteroatoms. The molecule has 120 valence electrons. The van der Waals surface area contributed by atoms with Crippen LogP contribution in [0.3, 0.4) is 0 Å². The van der Waals surface area contributed by atoms with Crippen LogP contribution in [0.5, 0.6) is 0 Å². The van der Waals surface area contributed by atoms with Gasteiger partial charge in [-0.05, 0) is 32.0 Å². The smallest absolute Gasteiger partial charge is 0.323 e. The average molecular weight is 332 g/mol. The molecule has 23 heavy (non-hydrogen) atoms. The lowest BCUT2D eigenvalue weighted by Gasteiger charge is -2.11. The van der Waals surface area contributed by atoms with E-state index < -0.39 is 0 Å². The van der Waals surface area contributed by atoms with Crippen LogP contribution in [0.4, 0.5) is 5.69 Å². The fraction of sp³-hybridized carbons (Fsp3) is 0.286. The van der Waals surface area contributed by atoms with Gasteiger partial charge in [-0.1, -0.05) is 11.8 Å². The number of anilines is 1. The first-order chi connectivity index (χ1) is 11.1. The summed E-state index contributed by atoms with van der Waals surface area (Å²) in [7, 11) is 0. The van der Waals surface area contributed by atoms with Crippen molar-refractivity contribution in [3.05, 3.63) is 35.0 Å². The normalized spacial score (nSPS) is 12.4. The maximum Gasteiger partial charge on any atom is 0.323 e. The molecule has 1 amide bonds. The lowest BCUT2D eigenvalue weighted by atomic mass is 10.2. The van der Waals surface area contributed by atoms with Crippen molar-refractivity contribution in [2.24, 2.45) is 0 Å². The van der Waals surface area contributed by atoms with Gasteiger partial charge in [-0.25, -0.2) is 4.79 Å². The first-order valence-electron chi connectivity index (χ1n) is 7.14. The van der Waals surface area contributed by atoms with Crippen LogP contribution in [-0.4, -0.2) is 35.9 Å². The molecule has 0 radical (unpaired) electrons. The topological polar surface area (TPSA) is 108 Å².